The lowest BCUT2D eigenvalue weighted by Gasteiger charge is -2.44. The van der Waals surface area contributed by atoms with Crippen LogP contribution in [0.5, 0.6) is 0 Å². The molecule has 2 saturated heterocycles. The number of sulfonamides is 1. The third-order valence-corrected chi connectivity index (χ3v) is 5.84. The minimum absolute atomic E-state index is 0.300. The van der Waals surface area contributed by atoms with E-state index in [1.165, 1.54) is 6.42 Å². The molecule has 94 valence electrons. The van der Waals surface area contributed by atoms with Gasteiger partial charge in [0.15, 0.2) is 0 Å². The number of nitrogens with one attached hydrogen (secondary N) is 1. The Morgan fingerprint density at radius 3 is 2.81 bits per heavy atom. The monoisotopic (exact) mass is 246 g/mol. The number of nitrogens with zero attached hydrogens (tertiary/aromatic N) is 1. The normalized spacial score (nSPS) is 36.2. The summed E-state index contributed by atoms with van der Waals surface area (Å²) in [4.78, 5) is 0. The van der Waals surface area contributed by atoms with Crippen LogP contribution in [0.15, 0.2) is 0 Å². The number of hydrogen-bond donors (Lipinski definition) is 1. The summed E-state index contributed by atoms with van der Waals surface area (Å²) in [6.45, 7) is 6.49. The molecule has 0 aromatic heterocycles. The van der Waals surface area contributed by atoms with Crippen LogP contribution in [0.25, 0.3) is 0 Å². The molecule has 5 heteroatoms. The first-order valence-corrected chi connectivity index (χ1v) is 7.85. The van der Waals surface area contributed by atoms with Crippen LogP contribution in [0, 0.1) is 11.8 Å². The maximum Gasteiger partial charge on any atom is 0.214 e. The van der Waals surface area contributed by atoms with Crippen molar-refractivity contribution in [3.05, 3.63) is 0 Å². The van der Waals surface area contributed by atoms with Crippen molar-refractivity contribution in [2.45, 2.75) is 32.7 Å². The molecule has 0 amide bonds. The highest BCUT2D eigenvalue weighted by molar-refractivity contribution is 7.89. The molecule has 0 unspecified atom stereocenters. The second-order valence-corrected chi connectivity index (χ2v) is 7.28. The van der Waals surface area contributed by atoms with Crippen molar-refractivity contribution in [1.82, 2.24) is 9.62 Å². The number of rotatable bonds is 3. The summed E-state index contributed by atoms with van der Waals surface area (Å²) in [6, 6.07) is 0.455. The lowest BCUT2D eigenvalue weighted by atomic mass is 9.82. The van der Waals surface area contributed by atoms with Crippen LogP contribution in [0.3, 0.4) is 0 Å². The van der Waals surface area contributed by atoms with Crippen LogP contribution in [0.2, 0.25) is 0 Å². The highest BCUT2D eigenvalue weighted by Crippen LogP contribution is 2.29. The molecular formula is C11H22N2O2S. The second-order valence-electron chi connectivity index (χ2n) is 5.19. The molecule has 0 spiro atoms. The summed E-state index contributed by atoms with van der Waals surface area (Å²) in [5.74, 6) is 1.31. The Labute approximate surface area is 98.4 Å². The Balaban J connectivity index is 2.08. The molecule has 2 fully saturated rings. The fourth-order valence-corrected chi connectivity index (χ4v) is 4.48. The molecule has 0 saturated carbocycles. The average molecular weight is 246 g/mol. The molecule has 2 aliphatic heterocycles. The molecule has 0 aromatic carbocycles. The molecule has 0 radical (unpaired) electrons. The number of piperidine rings is 2. The summed E-state index contributed by atoms with van der Waals surface area (Å²) in [6.07, 6.45) is 1.90. The van der Waals surface area contributed by atoms with E-state index in [-0.39, 0.29) is 0 Å². The smallest absolute Gasteiger partial charge is 0.214 e. The van der Waals surface area contributed by atoms with E-state index in [0.717, 1.165) is 13.1 Å². The molecule has 1 N–H and O–H groups in total. The molecule has 2 heterocycles. The van der Waals surface area contributed by atoms with Gasteiger partial charge in [-0.15, -0.1) is 0 Å². The van der Waals surface area contributed by atoms with E-state index in [9.17, 15) is 8.42 Å². The van der Waals surface area contributed by atoms with Gasteiger partial charge < -0.3 is 5.32 Å². The Kier molecular flexibility index (Phi) is 3.56. The average Bonchev–Trinajstić information content (AvgIpc) is 2.24. The van der Waals surface area contributed by atoms with Crippen molar-refractivity contribution >= 4 is 10.0 Å². The second kappa shape index (κ2) is 4.63. The highest BCUT2D eigenvalue weighted by Gasteiger charge is 2.38. The first-order valence-electron chi connectivity index (χ1n) is 6.24. The maximum atomic E-state index is 12.0. The molecule has 3 atom stereocenters. The van der Waals surface area contributed by atoms with Crippen molar-refractivity contribution in [2.24, 2.45) is 11.8 Å². The number of hydrogen-bond acceptors (Lipinski definition) is 3. The molecule has 0 aliphatic carbocycles. The fraction of sp³-hybridized carbons (Fsp3) is 1.00. The van der Waals surface area contributed by atoms with Gasteiger partial charge in [0.1, 0.15) is 0 Å². The molecule has 2 bridgehead atoms. The van der Waals surface area contributed by atoms with Crippen molar-refractivity contribution in [3.8, 4) is 0 Å². The van der Waals surface area contributed by atoms with Crippen molar-refractivity contribution < 1.29 is 8.42 Å². The van der Waals surface area contributed by atoms with Gasteiger partial charge in [0.25, 0.3) is 0 Å². The van der Waals surface area contributed by atoms with Crippen molar-refractivity contribution in [3.63, 3.8) is 0 Å². The lowest BCUT2D eigenvalue weighted by molar-refractivity contribution is 0.125. The van der Waals surface area contributed by atoms with E-state index < -0.39 is 10.0 Å². The van der Waals surface area contributed by atoms with Crippen LogP contribution in [0.1, 0.15) is 26.7 Å². The lowest BCUT2D eigenvalue weighted by Crippen LogP contribution is -2.56. The van der Waals surface area contributed by atoms with E-state index in [0.29, 0.717) is 36.6 Å². The van der Waals surface area contributed by atoms with Crippen LogP contribution < -0.4 is 5.32 Å². The van der Waals surface area contributed by atoms with E-state index in [1.54, 1.807) is 4.31 Å². The van der Waals surface area contributed by atoms with E-state index in [4.69, 9.17) is 0 Å². The zero-order chi connectivity index (χ0) is 11.8. The van der Waals surface area contributed by atoms with Gasteiger partial charge in [-0.3, -0.25) is 0 Å². The fourth-order valence-electron chi connectivity index (χ4n) is 2.84. The summed E-state index contributed by atoms with van der Waals surface area (Å²) in [7, 11) is -2.99. The largest absolute Gasteiger partial charge is 0.314 e. The molecule has 4 nitrogen and oxygen atoms in total. The molecule has 2 aliphatic rings. The molecule has 16 heavy (non-hydrogen) atoms. The Hall–Kier alpha value is -0.130. The molecular weight excluding hydrogens is 224 g/mol. The van der Waals surface area contributed by atoms with E-state index >= 15 is 0 Å². The predicted molar refractivity (Wildman–Crippen MR) is 64.7 cm³/mol. The Bertz CT molecular complexity index is 342. The first kappa shape index (κ1) is 12.3. The summed E-state index contributed by atoms with van der Waals surface area (Å²) >= 11 is 0. The minimum Gasteiger partial charge on any atom is -0.314 e. The highest BCUT2D eigenvalue weighted by atomic mass is 32.2. The topological polar surface area (TPSA) is 49.4 Å². The van der Waals surface area contributed by atoms with Gasteiger partial charge in [0, 0.05) is 19.1 Å². The van der Waals surface area contributed by atoms with Gasteiger partial charge in [0.05, 0.1) is 5.75 Å². The van der Waals surface area contributed by atoms with Crippen LogP contribution in [-0.2, 0) is 10.0 Å². The van der Waals surface area contributed by atoms with Crippen LogP contribution in [0.4, 0.5) is 0 Å². The third kappa shape index (κ3) is 2.41. The van der Waals surface area contributed by atoms with Gasteiger partial charge >= 0.3 is 0 Å². The Morgan fingerprint density at radius 1 is 1.38 bits per heavy atom. The maximum absolute atomic E-state index is 12.0. The van der Waals surface area contributed by atoms with E-state index in [1.807, 2.05) is 6.92 Å². The van der Waals surface area contributed by atoms with Crippen LogP contribution in [-0.4, -0.2) is 44.2 Å². The quantitative estimate of drug-likeness (QED) is 0.796. The van der Waals surface area contributed by atoms with Gasteiger partial charge in [-0.1, -0.05) is 6.92 Å². The first-order chi connectivity index (χ1) is 7.53. The summed E-state index contributed by atoms with van der Waals surface area (Å²) in [5.41, 5.74) is 0. The van der Waals surface area contributed by atoms with Crippen molar-refractivity contribution in [1.29, 1.82) is 0 Å². The molecule has 0 aromatic rings. The van der Waals surface area contributed by atoms with Gasteiger partial charge in [-0.25, -0.2) is 12.7 Å². The third-order valence-electron chi connectivity index (χ3n) is 3.83. The standard InChI is InChI=1S/C11H22N2O2S/c1-3-4-16(14,15)13-7-10-5-11(8-13)9(2)12-6-10/h9-12H,3-8H2,1-2H3/t9-,10-,11-/m0/s1. The zero-order valence-electron chi connectivity index (χ0n) is 10.1. The van der Waals surface area contributed by atoms with Crippen molar-refractivity contribution in [2.75, 3.05) is 25.4 Å². The van der Waals surface area contributed by atoms with Gasteiger partial charge in [-0.2, -0.15) is 0 Å². The molecule has 2 rings (SSSR count). The SMILES string of the molecule is CCCS(=O)(=O)N1C[C@@H]2CN[C@@H](C)[C@@H](C2)C1. The van der Waals surface area contributed by atoms with E-state index in [2.05, 4.69) is 12.2 Å². The summed E-state index contributed by atoms with van der Waals surface area (Å²) in [5, 5.41) is 3.47. The van der Waals surface area contributed by atoms with Gasteiger partial charge in [-0.05, 0) is 38.1 Å². The van der Waals surface area contributed by atoms with Crippen LogP contribution >= 0.6 is 0 Å². The minimum atomic E-state index is -2.99. The Morgan fingerprint density at radius 2 is 2.12 bits per heavy atom. The van der Waals surface area contributed by atoms with Gasteiger partial charge in [0.2, 0.25) is 10.0 Å². The number of fused-ring (bicyclic) bond motifs is 2. The summed E-state index contributed by atoms with van der Waals surface area (Å²) < 4.78 is 25.8. The predicted octanol–water partition coefficient (Wildman–Crippen LogP) is 0.656. The zero-order valence-corrected chi connectivity index (χ0v) is 11.0.